The van der Waals surface area contributed by atoms with Crippen molar-refractivity contribution >= 4 is 10.0 Å². The van der Waals surface area contributed by atoms with Crippen molar-refractivity contribution in [3.63, 3.8) is 0 Å². The minimum absolute atomic E-state index is 0.154. The number of aliphatic hydroxyl groups is 1. The van der Waals surface area contributed by atoms with Crippen LogP contribution < -0.4 is 0 Å². The van der Waals surface area contributed by atoms with Crippen LogP contribution in [0, 0.1) is 6.92 Å². The zero-order valence-corrected chi connectivity index (χ0v) is 14.1. The SMILES string of the molecule is CCCCC1(C)N(S(=O)(=O)c2ccc(C)cc2)C1(C)CO. The minimum atomic E-state index is -3.57. The Morgan fingerprint density at radius 2 is 1.71 bits per heavy atom. The van der Waals surface area contributed by atoms with E-state index in [-0.39, 0.29) is 6.61 Å². The first-order valence-electron chi connectivity index (χ1n) is 7.47. The van der Waals surface area contributed by atoms with Crippen molar-refractivity contribution in [2.24, 2.45) is 0 Å². The molecule has 2 rings (SSSR count). The molecule has 5 heteroatoms. The van der Waals surface area contributed by atoms with Crippen molar-refractivity contribution in [3.8, 4) is 0 Å². The monoisotopic (exact) mass is 311 g/mol. The Labute approximate surface area is 127 Å². The van der Waals surface area contributed by atoms with E-state index in [9.17, 15) is 13.5 Å². The zero-order chi connectivity index (χ0) is 15.9. The number of sulfonamides is 1. The van der Waals surface area contributed by atoms with E-state index in [1.165, 1.54) is 4.31 Å². The van der Waals surface area contributed by atoms with Crippen LogP contribution in [0.3, 0.4) is 0 Å². The molecule has 3 unspecified atom stereocenters. The van der Waals surface area contributed by atoms with Crippen LogP contribution in [0.1, 0.15) is 45.6 Å². The lowest BCUT2D eigenvalue weighted by Gasteiger charge is -2.12. The highest BCUT2D eigenvalue weighted by atomic mass is 32.2. The minimum Gasteiger partial charge on any atom is -0.394 e. The molecule has 0 bridgehead atoms. The molecule has 0 spiro atoms. The van der Waals surface area contributed by atoms with Gasteiger partial charge in [-0.3, -0.25) is 0 Å². The summed E-state index contributed by atoms with van der Waals surface area (Å²) in [5.41, 5.74) is -0.175. The van der Waals surface area contributed by atoms with Crippen molar-refractivity contribution in [2.45, 2.75) is 62.9 Å². The van der Waals surface area contributed by atoms with Gasteiger partial charge in [-0.25, -0.2) is 8.42 Å². The van der Waals surface area contributed by atoms with Gasteiger partial charge in [-0.2, -0.15) is 4.31 Å². The molecule has 1 N–H and O–H groups in total. The molecule has 1 aliphatic heterocycles. The summed E-state index contributed by atoms with van der Waals surface area (Å²) in [4.78, 5) is 0.299. The van der Waals surface area contributed by atoms with Crippen molar-refractivity contribution in [3.05, 3.63) is 29.8 Å². The van der Waals surface area contributed by atoms with Crippen LogP contribution in [0.25, 0.3) is 0 Å². The Balaban J connectivity index is 2.38. The van der Waals surface area contributed by atoms with E-state index in [0.29, 0.717) is 4.90 Å². The lowest BCUT2D eigenvalue weighted by molar-refractivity contribution is 0.237. The maximum Gasteiger partial charge on any atom is 0.244 e. The van der Waals surface area contributed by atoms with Gasteiger partial charge in [0.1, 0.15) is 0 Å². The molecule has 1 fully saturated rings. The first-order chi connectivity index (χ1) is 9.74. The van der Waals surface area contributed by atoms with E-state index in [4.69, 9.17) is 0 Å². The molecule has 1 heterocycles. The maximum absolute atomic E-state index is 12.9. The molecular formula is C16H25NO3S. The van der Waals surface area contributed by atoms with Gasteiger partial charge in [-0.15, -0.1) is 0 Å². The van der Waals surface area contributed by atoms with E-state index in [1.807, 2.05) is 20.8 Å². The fourth-order valence-corrected chi connectivity index (χ4v) is 5.42. The Bertz CT molecular complexity index is 611. The van der Waals surface area contributed by atoms with Gasteiger partial charge in [-0.1, -0.05) is 37.5 Å². The van der Waals surface area contributed by atoms with Crippen molar-refractivity contribution in [1.29, 1.82) is 0 Å². The normalized spacial score (nSPS) is 32.1. The fourth-order valence-electron chi connectivity index (χ4n) is 3.17. The van der Waals surface area contributed by atoms with Gasteiger partial charge < -0.3 is 5.11 Å². The van der Waals surface area contributed by atoms with Crippen molar-refractivity contribution in [1.82, 2.24) is 4.31 Å². The second-order valence-electron chi connectivity index (χ2n) is 6.39. The summed E-state index contributed by atoms with van der Waals surface area (Å²) in [6, 6.07) is 6.88. The summed E-state index contributed by atoms with van der Waals surface area (Å²) in [6.07, 6.45) is 2.73. The van der Waals surface area contributed by atoms with Gasteiger partial charge >= 0.3 is 0 Å². The third-order valence-electron chi connectivity index (χ3n) is 4.89. The topological polar surface area (TPSA) is 57.4 Å². The number of hydrogen-bond acceptors (Lipinski definition) is 3. The third kappa shape index (κ3) is 2.41. The number of benzene rings is 1. The summed E-state index contributed by atoms with van der Waals surface area (Å²) in [6.45, 7) is 7.62. The molecule has 0 saturated carbocycles. The summed E-state index contributed by atoms with van der Waals surface area (Å²) in [7, 11) is -3.57. The molecule has 1 aromatic rings. The molecule has 0 radical (unpaired) electrons. The smallest absolute Gasteiger partial charge is 0.244 e. The molecule has 4 nitrogen and oxygen atoms in total. The van der Waals surface area contributed by atoms with Gasteiger partial charge in [0.25, 0.3) is 0 Å². The molecule has 1 aromatic carbocycles. The lowest BCUT2D eigenvalue weighted by Crippen LogP contribution is -2.24. The number of rotatable bonds is 6. The van der Waals surface area contributed by atoms with Crippen molar-refractivity contribution < 1.29 is 13.5 Å². The molecule has 3 atom stereocenters. The predicted molar refractivity (Wildman–Crippen MR) is 83.6 cm³/mol. The maximum atomic E-state index is 12.9. The summed E-state index contributed by atoms with van der Waals surface area (Å²) >= 11 is 0. The van der Waals surface area contributed by atoms with Crippen LogP contribution in [-0.4, -0.2) is 35.5 Å². The van der Waals surface area contributed by atoms with E-state index < -0.39 is 21.1 Å². The number of aryl methyl sites for hydroxylation is 1. The van der Waals surface area contributed by atoms with Gasteiger partial charge in [0.2, 0.25) is 10.0 Å². The summed E-state index contributed by atoms with van der Waals surface area (Å²) in [5.74, 6) is 0. The number of nitrogens with zero attached hydrogens (tertiary/aromatic N) is 1. The highest BCUT2D eigenvalue weighted by molar-refractivity contribution is 7.89. The molecular weight excluding hydrogens is 286 g/mol. The Morgan fingerprint density at radius 3 is 2.19 bits per heavy atom. The van der Waals surface area contributed by atoms with Crippen LogP contribution in [-0.2, 0) is 10.0 Å². The van der Waals surface area contributed by atoms with Gasteiger partial charge in [0.15, 0.2) is 0 Å². The van der Waals surface area contributed by atoms with Crippen LogP contribution in [0.4, 0.5) is 0 Å². The molecule has 0 aromatic heterocycles. The van der Waals surface area contributed by atoms with Gasteiger partial charge in [-0.05, 0) is 39.3 Å². The second-order valence-corrected chi connectivity index (χ2v) is 8.18. The molecule has 0 aliphatic carbocycles. The highest BCUT2D eigenvalue weighted by Gasteiger charge is 2.73. The zero-order valence-electron chi connectivity index (χ0n) is 13.3. The number of aliphatic hydroxyl groups excluding tert-OH is 1. The van der Waals surface area contributed by atoms with Crippen molar-refractivity contribution in [2.75, 3.05) is 6.61 Å². The van der Waals surface area contributed by atoms with Gasteiger partial charge in [0.05, 0.1) is 22.6 Å². The molecule has 118 valence electrons. The first kappa shape index (κ1) is 16.5. The van der Waals surface area contributed by atoms with E-state index in [0.717, 1.165) is 24.8 Å². The quantitative estimate of drug-likeness (QED) is 0.822. The first-order valence-corrected chi connectivity index (χ1v) is 8.91. The van der Waals surface area contributed by atoms with E-state index >= 15 is 0 Å². The third-order valence-corrected chi connectivity index (χ3v) is 7.05. The average molecular weight is 311 g/mol. The van der Waals surface area contributed by atoms with E-state index in [1.54, 1.807) is 24.3 Å². The molecule has 1 saturated heterocycles. The standard InChI is InChI=1S/C16H25NO3S/c1-5-6-11-15(3)16(4,12-18)17(15)21(19,20)14-9-7-13(2)8-10-14/h7-10,18H,5-6,11-12H2,1-4H3. The summed E-state index contributed by atoms with van der Waals surface area (Å²) < 4.78 is 27.2. The second kappa shape index (κ2) is 5.38. The van der Waals surface area contributed by atoms with Crippen LogP contribution in [0.2, 0.25) is 0 Å². The summed E-state index contributed by atoms with van der Waals surface area (Å²) in [5, 5.41) is 9.72. The predicted octanol–water partition coefficient (Wildman–Crippen LogP) is 2.70. The van der Waals surface area contributed by atoms with Crippen LogP contribution in [0.5, 0.6) is 0 Å². The molecule has 21 heavy (non-hydrogen) atoms. The molecule has 0 amide bonds. The Kier molecular flexibility index (Phi) is 4.21. The lowest BCUT2D eigenvalue weighted by atomic mass is 9.92. The van der Waals surface area contributed by atoms with Crippen LogP contribution >= 0.6 is 0 Å². The molecule has 1 aliphatic rings. The Morgan fingerprint density at radius 1 is 1.14 bits per heavy atom. The van der Waals surface area contributed by atoms with Gasteiger partial charge in [0, 0.05) is 0 Å². The van der Waals surface area contributed by atoms with E-state index in [2.05, 4.69) is 6.92 Å². The average Bonchev–Trinajstić information content (AvgIpc) is 2.95. The van der Waals surface area contributed by atoms with Crippen LogP contribution in [0.15, 0.2) is 29.2 Å². The number of unbranched alkanes of at least 4 members (excludes halogenated alkanes) is 1. The highest BCUT2D eigenvalue weighted by Crippen LogP contribution is 2.57. The number of hydrogen-bond donors (Lipinski definition) is 1. The Hall–Kier alpha value is -0.910. The largest absolute Gasteiger partial charge is 0.394 e. The fraction of sp³-hybridized carbons (Fsp3) is 0.625.